The summed E-state index contributed by atoms with van der Waals surface area (Å²) in [6, 6.07) is 5.66. The molecule has 0 aromatic heterocycles. The Morgan fingerprint density at radius 2 is 2.18 bits per heavy atom. The Kier molecular flexibility index (Phi) is 3.82. The fourth-order valence-electron chi connectivity index (χ4n) is 1.64. The molecule has 1 aliphatic heterocycles. The summed E-state index contributed by atoms with van der Waals surface area (Å²) >= 11 is 0. The van der Waals surface area contributed by atoms with Crippen molar-refractivity contribution in [2.75, 3.05) is 19.9 Å². The minimum atomic E-state index is -0.0586. The van der Waals surface area contributed by atoms with Crippen molar-refractivity contribution in [3.8, 4) is 11.5 Å². The third kappa shape index (κ3) is 3.10. The highest BCUT2D eigenvalue weighted by atomic mass is 16.7. The largest absolute Gasteiger partial charge is 0.454 e. The van der Waals surface area contributed by atoms with Gasteiger partial charge in [-0.1, -0.05) is 6.07 Å². The van der Waals surface area contributed by atoms with E-state index in [9.17, 15) is 4.79 Å². The molecular formula is C12H15NO4. The van der Waals surface area contributed by atoms with E-state index in [2.05, 4.69) is 5.32 Å². The number of carbonyl (C=O) groups excluding carboxylic acids is 1. The molecule has 1 heterocycles. The SMILES string of the molecule is O=C(CCc1ccc2c(c1)OCO2)NCCO. The van der Waals surface area contributed by atoms with E-state index in [4.69, 9.17) is 14.6 Å². The Morgan fingerprint density at radius 3 is 3.00 bits per heavy atom. The first kappa shape index (κ1) is 11.7. The lowest BCUT2D eigenvalue weighted by atomic mass is 10.1. The third-order valence-corrected chi connectivity index (χ3v) is 2.51. The van der Waals surface area contributed by atoms with Crippen LogP contribution in [0, 0.1) is 0 Å². The molecule has 1 aliphatic rings. The molecule has 1 aromatic carbocycles. The van der Waals surface area contributed by atoms with E-state index in [0.29, 0.717) is 19.4 Å². The number of rotatable bonds is 5. The second-order valence-corrected chi connectivity index (χ2v) is 3.76. The van der Waals surface area contributed by atoms with Gasteiger partial charge in [-0.3, -0.25) is 4.79 Å². The summed E-state index contributed by atoms with van der Waals surface area (Å²) in [5.74, 6) is 1.42. The Bertz CT molecular complexity index is 405. The summed E-state index contributed by atoms with van der Waals surface area (Å²) in [5, 5.41) is 11.2. The molecule has 0 radical (unpaired) electrons. The van der Waals surface area contributed by atoms with Gasteiger partial charge in [-0.25, -0.2) is 0 Å². The molecular weight excluding hydrogens is 222 g/mol. The van der Waals surface area contributed by atoms with Crippen LogP contribution >= 0.6 is 0 Å². The predicted octanol–water partition coefficient (Wildman–Crippen LogP) is 0.456. The molecule has 0 saturated heterocycles. The molecule has 0 saturated carbocycles. The quantitative estimate of drug-likeness (QED) is 0.780. The first-order valence-corrected chi connectivity index (χ1v) is 5.55. The van der Waals surface area contributed by atoms with Gasteiger partial charge in [0.1, 0.15) is 0 Å². The Morgan fingerprint density at radius 1 is 1.35 bits per heavy atom. The van der Waals surface area contributed by atoms with Gasteiger partial charge in [0.25, 0.3) is 0 Å². The molecule has 0 atom stereocenters. The van der Waals surface area contributed by atoms with E-state index >= 15 is 0 Å². The zero-order chi connectivity index (χ0) is 12.1. The van der Waals surface area contributed by atoms with E-state index < -0.39 is 0 Å². The molecule has 92 valence electrons. The Balaban J connectivity index is 1.85. The van der Waals surface area contributed by atoms with Crippen LogP contribution in [0.1, 0.15) is 12.0 Å². The molecule has 2 N–H and O–H groups in total. The lowest BCUT2D eigenvalue weighted by molar-refractivity contribution is -0.121. The Labute approximate surface area is 99.3 Å². The zero-order valence-electron chi connectivity index (χ0n) is 9.44. The number of hydrogen-bond acceptors (Lipinski definition) is 4. The molecule has 2 rings (SSSR count). The molecule has 1 aromatic rings. The summed E-state index contributed by atoms with van der Waals surface area (Å²) in [5.41, 5.74) is 1.04. The summed E-state index contributed by atoms with van der Waals surface area (Å²) in [7, 11) is 0. The predicted molar refractivity (Wildman–Crippen MR) is 61.0 cm³/mol. The van der Waals surface area contributed by atoms with Crippen LogP contribution in [0.4, 0.5) is 0 Å². The highest BCUT2D eigenvalue weighted by Crippen LogP contribution is 2.32. The number of ether oxygens (including phenoxy) is 2. The van der Waals surface area contributed by atoms with Crippen LogP contribution in [0.5, 0.6) is 11.5 Å². The molecule has 0 unspecified atom stereocenters. The van der Waals surface area contributed by atoms with Crippen molar-refractivity contribution < 1.29 is 19.4 Å². The fourth-order valence-corrected chi connectivity index (χ4v) is 1.64. The molecule has 0 bridgehead atoms. The maximum Gasteiger partial charge on any atom is 0.231 e. The minimum Gasteiger partial charge on any atom is -0.454 e. The van der Waals surface area contributed by atoms with Crippen LogP contribution in [0.15, 0.2) is 18.2 Å². The van der Waals surface area contributed by atoms with E-state index in [1.165, 1.54) is 0 Å². The van der Waals surface area contributed by atoms with Gasteiger partial charge in [0, 0.05) is 13.0 Å². The standard InChI is InChI=1S/C12H15NO4/c14-6-5-13-12(15)4-2-9-1-3-10-11(7-9)17-8-16-10/h1,3,7,14H,2,4-6,8H2,(H,13,15). The number of fused-ring (bicyclic) bond motifs is 1. The lowest BCUT2D eigenvalue weighted by Gasteiger charge is -2.04. The number of hydrogen-bond donors (Lipinski definition) is 2. The molecule has 5 nitrogen and oxygen atoms in total. The Hall–Kier alpha value is -1.75. The first-order chi connectivity index (χ1) is 8.29. The van der Waals surface area contributed by atoms with Crippen LogP contribution < -0.4 is 14.8 Å². The number of aliphatic hydroxyl groups excluding tert-OH is 1. The average Bonchev–Trinajstić information content (AvgIpc) is 2.81. The highest BCUT2D eigenvalue weighted by molar-refractivity contribution is 5.76. The van der Waals surface area contributed by atoms with Gasteiger partial charge >= 0.3 is 0 Å². The molecule has 0 spiro atoms. The molecule has 1 amide bonds. The van der Waals surface area contributed by atoms with Crippen molar-refractivity contribution in [3.05, 3.63) is 23.8 Å². The minimum absolute atomic E-state index is 0.0320. The van der Waals surface area contributed by atoms with Crippen molar-refractivity contribution in [3.63, 3.8) is 0 Å². The molecule has 5 heteroatoms. The van der Waals surface area contributed by atoms with E-state index in [-0.39, 0.29) is 19.3 Å². The van der Waals surface area contributed by atoms with E-state index in [0.717, 1.165) is 17.1 Å². The number of carbonyl (C=O) groups is 1. The first-order valence-electron chi connectivity index (χ1n) is 5.55. The maximum absolute atomic E-state index is 11.3. The summed E-state index contributed by atoms with van der Waals surface area (Å²) in [6.07, 6.45) is 1.05. The van der Waals surface area contributed by atoms with Crippen molar-refractivity contribution >= 4 is 5.91 Å². The fraction of sp³-hybridized carbons (Fsp3) is 0.417. The second kappa shape index (κ2) is 5.54. The normalized spacial score (nSPS) is 12.5. The highest BCUT2D eigenvalue weighted by Gasteiger charge is 2.13. The smallest absolute Gasteiger partial charge is 0.231 e. The monoisotopic (exact) mass is 237 g/mol. The van der Waals surface area contributed by atoms with Crippen LogP contribution in [0.3, 0.4) is 0 Å². The lowest BCUT2D eigenvalue weighted by Crippen LogP contribution is -2.26. The molecule has 17 heavy (non-hydrogen) atoms. The maximum atomic E-state index is 11.3. The van der Waals surface area contributed by atoms with Crippen LogP contribution in [0.2, 0.25) is 0 Å². The number of benzene rings is 1. The van der Waals surface area contributed by atoms with Crippen molar-refractivity contribution in [1.29, 1.82) is 0 Å². The second-order valence-electron chi connectivity index (χ2n) is 3.76. The van der Waals surface area contributed by atoms with Gasteiger partial charge in [0.2, 0.25) is 12.7 Å². The van der Waals surface area contributed by atoms with Gasteiger partial charge < -0.3 is 19.9 Å². The van der Waals surface area contributed by atoms with Crippen LogP contribution in [0.25, 0.3) is 0 Å². The van der Waals surface area contributed by atoms with Gasteiger partial charge in [-0.05, 0) is 24.1 Å². The van der Waals surface area contributed by atoms with Crippen molar-refractivity contribution in [1.82, 2.24) is 5.32 Å². The molecule has 0 aliphatic carbocycles. The van der Waals surface area contributed by atoms with Gasteiger partial charge in [0.05, 0.1) is 6.61 Å². The third-order valence-electron chi connectivity index (χ3n) is 2.51. The summed E-state index contributed by atoms with van der Waals surface area (Å²) < 4.78 is 10.5. The van der Waals surface area contributed by atoms with Gasteiger partial charge in [0.15, 0.2) is 11.5 Å². The van der Waals surface area contributed by atoms with Gasteiger partial charge in [-0.2, -0.15) is 0 Å². The van der Waals surface area contributed by atoms with Crippen molar-refractivity contribution in [2.45, 2.75) is 12.8 Å². The number of aliphatic hydroxyl groups is 1. The van der Waals surface area contributed by atoms with E-state index in [1.807, 2.05) is 18.2 Å². The van der Waals surface area contributed by atoms with Gasteiger partial charge in [-0.15, -0.1) is 0 Å². The van der Waals surface area contributed by atoms with Crippen molar-refractivity contribution in [2.24, 2.45) is 0 Å². The van der Waals surface area contributed by atoms with Crippen LogP contribution in [-0.4, -0.2) is 31.0 Å². The zero-order valence-corrected chi connectivity index (χ0v) is 9.44. The number of aryl methyl sites for hydroxylation is 1. The van der Waals surface area contributed by atoms with E-state index in [1.54, 1.807) is 0 Å². The average molecular weight is 237 g/mol. The topological polar surface area (TPSA) is 67.8 Å². The summed E-state index contributed by atoms with van der Waals surface area (Å²) in [4.78, 5) is 11.3. The van der Waals surface area contributed by atoms with Crippen LogP contribution in [-0.2, 0) is 11.2 Å². The number of nitrogens with one attached hydrogen (secondary N) is 1. The number of amides is 1. The summed E-state index contributed by atoms with van der Waals surface area (Å²) in [6.45, 7) is 0.533. The molecule has 0 fully saturated rings.